The number of halogens is 1. The summed E-state index contributed by atoms with van der Waals surface area (Å²) in [5.41, 5.74) is 5.53. The van der Waals surface area contributed by atoms with Crippen LogP contribution in [-0.2, 0) is 4.74 Å². The van der Waals surface area contributed by atoms with E-state index in [2.05, 4.69) is 4.98 Å². The van der Waals surface area contributed by atoms with Gasteiger partial charge >= 0.3 is 6.09 Å². The molecule has 0 saturated carbocycles. The Morgan fingerprint density at radius 1 is 1.67 bits per heavy atom. The van der Waals surface area contributed by atoms with Gasteiger partial charge in [-0.25, -0.2) is 9.78 Å². The highest BCUT2D eigenvalue weighted by Crippen LogP contribution is 2.21. The molecule has 2 heterocycles. The highest BCUT2D eigenvalue weighted by Gasteiger charge is 2.33. The van der Waals surface area contributed by atoms with E-state index in [1.807, 2.05) is 0 Å². The molecule has 0 bridgehead atoms. The van der Waals surface area contributed by atoms with E-state index in [4.69, 9.17) is 22.1 Å². The van der Waals surface area contributed by atoms with E-state index in [-0.39, 0.29) is 6.04 Å². The molecule has 2 rings (SSSR count). The van der Waals surface area contributed by atoms with Crippen molar-refractivity contribution in [3.63, 3.8) is 0 Å². The third-order valence-corrected chi connectivity index (χ3v) is 2.42. The molecule has 1 aliphatic heterocycles. The Hall–Kier alpha value is -1.33. The van der Waals surface area contributed by atoms with Crippen molar-refractivity contribution >= 4 is 23.5 Å². The van der Waals surface area contributed by atoms with E-state index in [1.165, 1.54) is 11.1 Å². The van der Waals surface area contributed by atoms with Gasteiger partial charge < -0.3 is 10.5 Å². The van der Waals surface area contributed by atoms with Crippen molar-refractivity contribution in [2.75, 3.05) is 18.1 Å². The Balaban J connectivity index is 2.28. The highest BCUT2D eigenvalue weighted by atomic mass is 35.5. The molecule has 5 nitrogen and oxygen atoms in total. The van der Waals surface area contributed by atoms with Crippen LogP contribution in [0.15, 0.2) is 18.3 Å². The smallest absolute Gasteiger partial charge is 0.415 e. The molecule has 6 heteroatoms. The molecule has 1 atom stereocenters. The molecule has 1 aliphatic rings. The summed E-state index contributed by atoms with van der Waals surface area (Å²) in [6, 6.07) is 3.19. The number of hydrogen-bond donors (Lipinski definition) is 1. The number of carbonyl (C=O) groups excluding carboxylic acids is 1. The minimum atomic E-state index is -0.416. The molecule has 0 radical (unpaired) electrons. The maximum Gasteiger partial charge on any atom is 0.415 e. The minimum absolute atomic E-state index is 0.147. The summed E-state index contributed by atoms with van der Waals surface area (Å²) in [5, 5.41) is 0.524. The van der Waals surface area contributed by atoms with Gasteiger partial charge in [-0.05, 0) is 12.1 Å². The summed E-state index contributed by atoms with van der Waals surface area (Å²) in [7, 11) is 0. The van der Waals surface area contributed by atoms with Crippen molar-refractivity contribution in [1.82, 2.24) is 4.98 Å². The SMILES string of the molecule is NC[C@H]1COC(=O)N1c1ccc(Cl)cn1. The van der Waals surface area contributed by atoms with Gasteiger partial charge in [0.05, 0.1) is 11.1 Å². The summed E-state index contributed by atoms with van der Waals surface area (Å²) >= 11 is 5.70. The number of ether oxygens (including phenoxy) is 1. The van der Waals surface area contributed by atoms with E-state index < -0.39 is 6.09 Å². The monoisotopic (exact) mass is 227 g/mol. The van der Waals surface area contributed by atoms with Crippen LogP contribution in [0.2, 0.25) is 5.02 Å². The number of pyridine rings is 1. The lowest BCUT2D eigenvalue weighted by Gasteiger charge is -2.18. The second-order valence-electron chi connectivity index (χ2n) is 3.17. The number of anilines is 1. The first-order valence-electron chi connectivity index (χ1n) is 4.50. The molecule has 1 aromatic rings. The van der Waals surface area contributed by atoms with Crippen molar-refractivity contribution < 1.29 is 9.53 Å². The minimum Gasteiger partial charge on any atom is -0.447 e. The second kappa shape index (κ2) is 4.04. The normalized spacial score (nSPS) is 20.5. The molecule has 15 heavy (non-hydrogen) atoms. The number of carbonyl (C=O) groups is 1. The molecule has 1 aromatic heterocycles. The van der Waals surface area contributed by atoms with Gasteiger partial charge in [0.1, 0.15) is 12.4 Å². The van der Waals surface area contributed by atoms with E-state index in [0.717, 1.165) is 0 Å². The largest absolute Gasteiger partial charge is 0.447 e. The van der Waals surface area contributed by atoms with Crippen molar-refractivity contribution in [2.45, 2.75) is 6.04 Å². The van der Waals surface area contributed by atoms with E-state index in [1.54, 1.807) is 12.1 Å². The molecule has 80 valence electrons. The van der Waals surface area contributed by atoms with Crippen molar-refractivity contribution in [3.05, 3.63) is 23.4 Å². The van der Waals surface area contributed by atoms with Crippen LogP contribution in [0.4, 0.5) is 10.6 Å². The first-order valence-corrected chi connectivity index (χ1v) is 4.88. The third-order valence-electron chi connectivity index (χ3n) is 2.19. The van der Waals surface area contributed by atoms with Crippen LogP contribution >= 0.6 is 11.6 Å². The van der Waals surface area contributed by atoms with E-state index in [0.29, 0.717) is 24.0 Å². The molecule has 0 spiro atoms. The highest BCUT2D eigenvalue weighted by molar-refractivity contribution is 6.30. The number of cyclic esters (lactones) is 1. The maximum atomic E-state index is 11.4. The lowest BCUT2D eigenvalue weighted by atomic mass is 10.3. The number of nitrogens with two attached hydrogens (primary N) is 1. The standard InChI is InChI=1S/C9H10ClN3O2/c10-6-1-2-8(12-4-6)13-7(3-11)5-15-9(13)14/h1-2,4,7H,3,5,11H2/t7-/m0/s1. The van der Waals surface area contributed by atoms with Crippen molar-refractivity contribution in [3.8, 4) is 0 Å². The van der Waals surface area contributed by atoms with Crippen molar-refractivity contribution in [2.24, 2.45) is 5.73 Å². The molecule has 0 aliphatic carbocycles. The first-order chi connectivity index (χ1) is 7.22. The van der Waals surface area contributed by atoms with Crippen LogP contribution < -0.4 is 10.6 Å². The fraction of sp³-hybridized carbons (Fsp3) is 0.333. The first kappa shape index (κ1) is 10.2. The van der Waals surface area contributed by atoms with Crippen LogP contribution in [0.25, 0.3) is 0 Å². The molecule has 0 aromatic carbocycles. The maximum absolute atomic E-state index is 11.4. The van der Waals surface area contributed by atoms with Gasteiger partial charge in [0.2, 0.25) is 0 Å². The quantitative estimate of drug-likeness (QED) is 0.819. The van der Waals surface area contributed by atoms with E-state index >= 15 is 0 Å². The fourth-order valence-corrected chi connectivity index (χ4v) is 1.54. The zero-order chi connectivity index (χ0) is 10.8. The number of hydrogen-bond acceptors (Lipinski definition) is 4. The summed E-state index contributed by atoms with van der Waals surface area (Å²) in [6.45, 7) is 0.648. The van der Waals surface area contributed by atoms with Crippen LogP contribution in [0, 0.1) is 0 Å². The average Bonchev–Trinajstić information content (AvgIpc) is 2.61. The molecular formula is C9H10ClN3O2. The number of rotatable bonds is 2. The summed E-state index contributed by atoms with van der Waals surface area (Å²) < 4.78 is 4.89. The summed E-state index contributed by atoms with van der Waals surface area (Å²) in [6.07, 6.45) is 1.07. The van der Waals surface area contributed by atoms with Gasteiger partial charge in [-0.15, -0.1) is 0 Å². The van der Waals surface area contributed by atoms with Crippen LogP contribution in [-0.4, -0.2) is 30.3 Å². The predicted molar refractivity (Wildman–Crippen MR) is 55.9 cm³/mol. The lowest BCUT2D eigenvalue weighted by Crippen LogP contribution is -2.39. The molecule has 1 saturated heterocycles. The Bertz CT molecular complexity index is 368. The van der Waals surface area contributed by atoms with Gasteiger partial charge in [0, 0.05) is 12.7 Å². The van der Waals surface area contributed by atoms with Crippen LogP contribution in [0.1, 0.15) is 0 Å². The van der Waals surface area contributed by atoms with Gasteiger partial charge in [-0.2, -0.15) is 0 Å². The summed E-state index contributed by atoms with van der Waals surface area (Å²) in [4.78, 5) is 16.9. The predicted octanol–water partition coefficient (Wildman–Crippen LogP) is 1.02. The Kier molecular flexibility index (Phi) is 2.75. The zero-order valence-corrected chi connectivity index (χ0v) is 8.65. The van der Waals surface area contributed by atoms with Crippen molar-refractivity contribution in [1.29, 1.82) is 0 Å². The van der Waals surface area contributed by atoms with E-state index in [9.17, 15) is 4.79 Å². The zero-order valence-electron chi connectivity index (χ0n) is 7.89. The number of aromatic nitrogens is 1. The Labute approximate surface area is 91.8 Å². The fourth-order valence-electron chi connectivity index (χ4n) is 1.43. The van der Waals surface area contributed by atoms with Crippen LogP contribution in [0.5, 0.6) is 0 Å². The number of amides is 1. The molecular weight excluding hydrogens is 218 g/mol. The Morgan fingerprint density at radius 3 is 3.07 bits per heavy atom. The Morgan fingerprint density at radius 2 is 2.47 bits per heavy atom. The second-order valence-corrected chi connectivity index (χ2v) is 3.61. The average molecular weight is 228 g/mol. The third kappa shape index (κ3) is 1.88. The lowest BCUT2D eigenvalue weighted by molar-refractivity contribution is 0.179. The van der Waals surface area contributed by atoms with Gasteiger partial charge in [-0.1, -0.05) is 11.6 Å². The molecule has 1 amide bonds. The topological polar surface area (TPSA) is 68.5 Å². The molecule has 2 N–H and O–H groups in total. The number of nitrogens with zero attached hydrogens (tertiary/aromatic N) is 2. The van der Waals surface area contributed by atoms with Gasteiger partial charge in [0.15, 0.2) is 0 Å². The van der Waals surface area contributed by atoms with Gasteiger partial charge in [-0.3, -0.25) is 4.90 Å². The van der Waals surface area contributed by atoms with Gasteiger partial charge in [0.25, 0.3) is 0 Å². The molecule has 0 unspecified atom stereocenters. The summed E-state index contributed by atoms with van der Waals surface area (Å²) in [5.74, 6) is 0.511. The molecule has 1 fully saturated rings. The van der Waals surface area contributed by atoms with Crippen LogP contribution in [0.3, 0.4) is 0 Å².